The van der Waals surface area contributed by atoms with Gasteiger partial charge in [-0.2, -0.15) is 0 Å². The molecule has 2 rings (SSSR count). The van der Waals surface area contributed by atoms with Gasteiger partial charge in [0.05, 0.1) is 10.6 Å². The molecule has 0 aliphatic carbocycles. The van der Waals surface area contributed by atoms with Crippen molar-refractivity contribution < 1.29 is 9.18 Å². The van der Waals surface area contributed by atoms with Crippen molar-refractivity contribution in [3.05, 3.63) is 34.6 Å². The van der Waals surface area contributed by atoms with Gasteiger partial charge in [0.2, 0.25) is 0 Å². The Hall–Kier alpha value is -0.840. The van der Waals surface area contributed by atoms with Gasteiger partial charge in [-0.15, -0.1) is 12.4 Å². The lowest BCUT2D eigenvalue weighted by molar-refractivity contribution is 0.0949. The van der Waals surface area contributed by atoms with Crippen molar-refractivity contribution in [2.75, 3.05) is 26.2 Å². The zero-order valence-electron chi connectivity index (χ0n) is 11.9. The fourth-order valence-corrected chi connectivity index (χ4v) is 2.72. The van der Waals surface area contributed by atoms with Gasteiger partial charge in [0.25, 0.3) is 5.91 Å². The molecule has 1 amide bonds. The Balaban J connectivity index is 0.00000220. The maximum absolute atomic E-state index is 13.5. The van der Waals surface area contributed by atoms with Crippen LogP contribution in [0.3, 0.4) is 0 Å². The van der Waals surface area contributed by atoms with E-state index in [1.54, 1.807) is 0 Å². The summed E-state index contributed by atoms with van der Waals surface area (Å²) in [5.41, 5.74) is -0.0614. The molecule has 118 valence electrons. The van der Waals surface area contributed by atoms with Crippen LogP contribution < -0.4 is 5.32 Å². The Labute approximate surface area is 136 Å². The summed E-state index contributed by atoms with van der Waals surface area (Å²) >= 11 is 5.84. The summed E-state index contributed by atoms with van der Waals surface area (Å²) < 4.78 is 13.5. The minimum atomic E-state index is -0.577. The lowest BCUT2D eigenvalue weighted by Gasteiger charge is -2.14. The average molecular weight is 335 g/mol. The first-order valence-corrected chi connectivity index (χ1v) is 7.51. The first-order valence-electron chi connectivity index (χ1n) is 7.13. The number of amides is 1. The number of rotatable bonds is 6. The van der Waals surface area contributed by atoms with Crippen LogP contribution in [0, 0.1) is 5.82 Å². The second kappa shape index (κ2) is 9.23. The fraction of sp³-hybridized carbons (Fsp3) is 0.533. The highest BCUT2D eigenvalue weighted by atomic mass is 35.5. The van der Waals surface area contributed by atoms with Gasteiger partial charge < -0.3 is 10.2 Å². The molecule has 1 aromatic rings. The Morgan fingerprint density at radius 3 is 2.67 bits per heavy atom. The third-order valence-corrected chi connectivity index (χ3v) is 3.89. The summed E-state index contributed by atoms with van der Waals surface area (Å²) in [7, 11) is 0. The second-order valence-electron chi connectivity index (χ2n) is 5.11. The smallest absolute Gasteiger partial charge is 0.255 e. The number of carbonyl (C=O) groups is 1. The van der Waals surface area contributed by atoms with Gasteiger partial charge in [-0.05, 0) is 57.5 Å². The molecule has 1 heterocycles. The second-order valence-corrected chi connectivity index (χ2v) is 5.52. The van der Waals surface area contributed by atoms with Gasteiger partial charge in [-0.3, -0.25) is 4.79 Å². The van der Waals surface area contributed by atoms with E-state index in [1.165, 1.54) is 44.1 Å². The lowest BCUT2D eigenvalue weighted by atomic mass is 10.2. The number of nitrogens with one attached hydrogen (secondary N) is 1. The van der Waals surface area contributed by atoms with Crippen LogP contribution in [-0.4, -0.2) is 37.0 Å². The molecule has 1 aromatic carbocycles. The monoisotopic (exact) mass is 334 g/mol. The molecule has 3 nitrogen and oxygen atoms in total. The number of likely N-dealkylation sites (tertiary alicyclic amines) is 1. The number of benzene rings is 1. The van der Waals surface area contributed by atoms with Gasteiger partial charge in [-0.1, -0.05) is 17.7 Å². The van der Waals surface area contributed by atoms with Crippen molar-refractivity contribution in [3.8, 4) is 0 Å². The fourth-order valence-electron chi connectivity index (χ4n) is 2.47. The molecule has 21 heavy (non-hydrogen) atoms. The predicted octanol–water partition coefficient (Wildman–Crippen LogP) is 3.51. The molecule has 0 radical (unpaired) electrons. The summed E-state index contributed by atoms with van der Waals surface area (Å²) in [5.74, 6) is -1.01. The van der Waals surface area contributed by atoms with Crippen LogP contribution in [0.4, 0.5) is 4.39 Å². The molecule has 0 unspecified atom stereocenters. The first-order chi connectivity index (χ1) is 9.68. The quantitative estimate of drug-likeness (QED) is 0.807. The zero-order chi connectivity index (χ0) is 14.4. The van der Waals surface area contributed by atoms with Crippen molar-refractivity contribution in [2.45, 2.75) is 25.7 Å². The van der Waals surface area contributed by atoms with E-state index in [1.807, 2.05) is 0 Å². The van der Waals surface area contributed by atoms with E-state index >= 15 is 0 Å². The molecule has 0 atom stereocenters. The summed E-state index contributed by atoms with van der Waals surface area (Å²) in [5, 5.41) is 2.88. The van der Waals surface area contributed by atoms with E-state index in [0.717, 1.165) is 19.4 Å². The van der Waals surface area contributed by atoms with Crippen molar-refractivity contribution in [1.82, 2.24) is 10.2 Å². The lowest BCUT2D eigenvalue weighted by Crippen LogP contribution is -2.27. The summed E-state index contributed by atoms with van der Waals surface area (Å²) in [6, 6.07) is 4.26. The van der Waals surface area contributed by atoms with Crippen molar-refractivity contribution in [3.63, 3.8) is 0 Å². The molecular formula is C15H21Cl2FN2O. The summed E-state index contributed by atoms with van der Waals surface area (Å²) in [6.45, 7) is 4.02. The number of carbonyl (C=O) groups excluding carboxylic acids is 1. The summed E-state index contributed by atoms with van der Waals surface area (Å²) in [6.07, 6.45) is 4.53. The molecule has 1 saturated heterocycles. The van der Waals surface area contributed by atoms with Gasteiger partial charge in [0.15, 0.2) is 0 Å². The third kappa shape index (κ3) is 5.46. The molecule has 1 aliphatic heterocycles. The topological polar surface area (TPSA) is 32.3 Å². The van der Waals surface area contributed by atoms with E-state index in [9.17, 15) is 9.18 Å². The van der Waals surface area contributed by atoms with Gasteiger partial charge in [0.1, 0.15) is 5.82 Å². The first kappa shape index (κ1) is 18.2. The Morgan fingerprint density at radius 2 is 2.00 bits per heavy atom. The maximum Gasteiger partial charge on any atom is 0.255 e. The highest BCUT2D eigenvalue weighted by Gasteiger charge is 2.15. The van der Waals surface area contributed by atoms with E-state index in [-0.39, 0.29) is 23.0 Å². The highest BCUT2D eigenvalue weighted by Crippen LogP contribution is 2.18. The number of nitrogens with zero attached hydrogens (tertiary/aromatic N) is 1. The third-order valence-electron chi connectivity index (χ3n) is 3.58. The number of unbranched alkanes of at least 4 members (excludes halogenated alkanes) is 1. The van der Waals surface area contributed by atoms with Crippen LogP contribution in [0.25, 0.3) is 0 Å². The highest BCUT2D eigenvalue weighted by molar-refractivity contribution is 6.33. The molecule has 1 N–H and O–H groups in total. The zero-order valence-corrected chi connectivity index (χ0v) is 13.5. The minimum absolute atomic E-state index is 0. The largest absolute Gasteiger partial charge is 0.352 e. The van der Waals surface area contributed by atoms with E-state index < -0.39 is 11.7 Å². The van der Waals surface area contributed by atoms with Crippen molar-refractivity contribution >= 4 is 29.9 Å². The van der Waals surface area contributed by atoms with Crippen molar-refractivity contribution in [1.29, 1.82) is 0 Å². The molecule has 0 aromatic heterocycles. The maximum atomic E-state index is 13.5. The number of hydrogen-bond acceptors (Lipinski definition) is 2. The summed E-state index contributed by atoms with van der Waals surface area (Å²) in [4.78, 5) is 14.3. The number of halogens is 3. The van der Waals surface area contributed by atoms with Gasteiger partial charge in [0, 0.05) is 6.54 Å². The van der Waals surface area contributed by atoms with E-state index in [0.29, 0.717) is 6.54 Å². The standard InChI is InChI=1S/C15H20ClFN2O.ClH/c16-12-6-5-7-13(17)14(12)15(20)18-8-1-2-9-19-10-3-4-11-19;/h5-7H,1-4,8-11H2,(H,18,20);1H. The van der Waals surface area contributed by atoms with Crippen LogP contribution in [0.1, 0.15) is 36.0 Å². The molecule has 1 aliphatic rings. The van der Waals surface area contributed by atoms with Crippen LogP contribution in [-0.2, 0) is 0 Å². The Morgan fingerprint density at radius 1 is 1.29 bits per heavy atom. The Bertz CT molecular complexity index is 445. The van der Waals surface area contributed by atoms with Crippen LogP contribution in [0.15, 0.2) is 18.2 Å². The molecule has 0 spiro atoms. The predicted molar refractivity (Wildman–Crippen MR) is 85.9 cm³/mol. The van der Waals surface area contributed by atoms with E-state index in [2.05, 4.69) is 10.2 Å². The van der Waals surface area contributed by atoms with Crippen LogP contribution >= 0.6 is 24.0 Å². The van der Waals surface area contributed by atoms with Gasteiger partial charge >= 0.3 is 0 Å². The minimum Gasteiger partial charge on any atom is -0.352 e. The molecular weight excluding hydrogens is 314 g/mol. The average Bonchev–Trinajstić information content (AvgIpc) is 2.91. The van der Waals surface area contributed by atoms with E-state index in [4.69, 9.17) is 11.6 Å². The molecule has 0 saturated carbocycles. The SMILES string of the molecule is Cl.O=C(NCCCCN1CCCC1)c1c(F)cccc1Cl. The molecule has 1 fully saturated rings. The Kier molecular flexibility index (Phi) is 8.01. The van der Waals surface area contributed by atoms with Crippen LogP contribution in [0.2, 0.25) is 5.02 Å². The van der Waals surface area contributed by atoms with Crippen LogP contribution in [0.5, 0.6) is 0 Å². The molecule has 6 heteroatoms. The number of hydrogen-bond donors (Lipinski definition) is 1. The van der Waals surface area contributed by atoms with Crippen molar-refractivity contribution in [2.24, 2.45) is 0 Å². The normalized spacial score (nSPS) is 14.8. The molecule has 0 bridgehead atoms. The van der Waals surface area contributed by atoms with Gasteiger partial charge in [-0.25, -0.2) is 4.39 Å².